The van der Waals surface area contributed by atoms with E-state index in [-0.39, 0.29) is 29.4 Å². The van der Waals surface area contributed by atoms with E-state index in [0.29, 0.717) is 17.5 Å². The Bertz CT molecular complexity index is 747. The van der Waals surface area contributed by atoms with Crippen LogP contribution in [0.15, 0.2) is 17.7 Å². The van der Waals surface area contributed by atoms with E-state index in [9.17, 15) is 15.0 Å². The molecule has 1 amide bonds. The zero-order chi connectivity index (χ0) is 20.8. The number of amides is 1. The Balaban J connectivity index is 1.95. The van der Waals surface area contributed by atoms with Crippen LogP contribution in [0.5, 0.6) is 11.5 Å². The molecule has 0 heterocycles. The number of unbranched alkanes of at least 4 members (excludes halogenated alkanes) is 2. The van der Waals surface area contributed by atoms with E-state index in [1.165, 1.54) is 12.0 Å². The van der Waals surface area contributed by atoms with Crippen molar-refractivity contribution in [2.24, 2.45) is 0 Å². The first-order chi connectivity index (χ1) is 14.0. The number of allylic oxidation sites excluding steroid dienone is 2. The Morgan fingerprint density at radius 3 is 2.55 bits per heavy atom. The van der Waals surface area contributed by atoms with Crippen LogP contribution in [0.3, 0.4) is 0 Å². The van der Waals surface area contributed by atoms with Gasteiger partial charge in [0.15, 0.2) is 0 Å². The van der Waals surface area contributed by atoms with Crippen molar-refractivity contribution >= 4 is 5.91 Å². The fourth-order valence-corrected chi connectivity index (χ4v) is 4.95. The van der Waals surface area contributed by atoms with Gasteiger partial charge in [-0.2, -0.15) is 0 Å². The number of carbonyl (C=O) groups is 1. The topological polar surface area (TPSA) is 69.6 Å². The summed E-state index contributed by atoms with van der Waals surface area (Å²) in [6.07, 6.45) is 14.5. The van der Waals surface area contributed by atoms with Crippen LogP contribution in [0.25, 0.3) is 0 Å². The maximum absolute atomic E-state index is 13.2. The summed E-state index contributed by atoms with van der Waals surface area (Å²) in [4.78, 5) is 13.2. The molecule has 0 radical (unpaired) electrons. The molecule has 1 fully saturated rings. The van der Waals surface area contributed by atoms with Gasteiger partial charge in [0.2, 0.25) is 0 Å². The SMILES string of the molecule is CCCCCc1cc(O)c(C2C=C(C)CCC2)c(O)c1C(=O)NC1CCCCC1. The number of nitrogens with one attached hydrogen (secondary N) is 1. The monoisotopic (exact) mass is 399 g/mol. The standard InChI is InChI=1S/C25H37NO3/c1-3-4-6-11-19-16-21(27)22(18-12-9-10-17(2)15-18)24(28)23(19)25(29)26-20-13-7-5-8-14-20/h15-16,18,20,27-28H,3-14H2,1-2H3,(H,26,29). The molecule has 3 rings (SSSR count). The molecular formula is C25H37NO3. The van der Waals surface area contributed by atoms with Crippen LogP contribution >= 0.6 is 0 Å². The van der Waals surface area contributed by atoms with Crippen molar-refractivity contribution in [2.45, 2.75) is 103 Å². The van der Waals surface area contributed by atoms with E-state index < -0.39 is 0 Å². The van der Waals surface area contributed by atoms with Crippen LogP contribution in [-0.4, -0.2) is 22.2 Å². The Kier molecular flexibility index (Phi) is 7.63. The van der Waals surface area contributed by atoms with E-state index >= 15 is 0 Å². The first-order valence-electron chi connectivity index (χ1n) is 11.6. The molecule has 4 nitrogen and oxygen atoms in total. The normalized spacial score (nSPS) is 20.3. The van der Waals surface area contributed by atoms with Gasteiger partial charge in [-0.15, -0.1) is 0 Å². The molecule has 1 aromatic rings. The molecule has 4 heteroatoms. The largest absolute Gasteiger partial charge is 0.507 e. The highest BCUT2D eigenvalue weighted by Gasteiger charge is 2.28. The average Bonchev–Trinajstić information content (AvgIpc) is 2.69. The van der Waals surface area contributed by atoms with Crippen LogP contribution in [0, 0.1) is 0 Å². The van der Waals surface area contributed by atoms with Crippen LogP contribution in [0.1, 0.15) is 112 Å². The van der Waals surface area contributed by atoms with Gasteiger partial charge < -0.3 is 15.5 Å². The Labute approximate surface area is 175 Å². The van der Waals surface area contributed by atoms with Gasteiger partial charge in [0.25, 0.3) is 5.91 Å². The molecule has 1 atom stereocenters. The summed E-state index contributed by atoms with van der Waals surface area (Å²) in [7, 11) is 0. The molecule has 0 spiro atoms. The molecule has 160 valence electrons. The van der Waals surface area contributed by atoms with Crippen LogP contribution < -0.4 is 5.32 Å². The predicted molar refractivity (Wildman–Crippen MR) is 118 cm³/mol. The molecule has 2 aliphatic carbocycles. The lowest BCUT2D eigenvalue weighted by molar-refractivity contribution is 0.0923. The quantitative estimate of drug-likeness (QED) is 0.383. The molecule has 1 saturated carbocycles. The zero-order valence-electron chi connectivity index (χ0n) is 18.1. The molecule has 0 aromatic heterocycles. The second kappa shape index (κ2) is 10.2. The highest BCUT2D eigenvalue weighted by molar-refractivity contribution is 5.99. The minimum absolute atomic E-state index is 0.0132. The Hall–Kier alpha value is -1.97. The summed E-state index contributed by atoms with van der Waals surface area (Å²) < 4.78 is 0. The second-order valence-electron chi connectivity index (χ2n) is 8.97. The maximum Gasteiger partial charge on any atom is 0.255 e. The lowest BCUT2D eigenvalue weighted by atomic mass is 9.83. The minimum atomic E-state index is -0.182. The maximum atomic E-state index is 13.2. The average molecular weight is 400 g/mol. The number of benzene rings is 1. The number of phenolic OH excluding ortho intramolecular Hbond substituents is 2. The predicted octanol–water partition coefficient (Wildman–Crippen LogP) is 6.11. The minimum Gasteiger partial charge on any atom is -0.507 e. The lowest BCUT2D eigenvalue weighted by Gasteiger charge is -2.26. The second-order valence-corrected chi connectivity index (χ2v) is 8.97. The molecule has 0 saturated heterocycles. The van der Waals surface area contributed by atoms with Gasteiger partial charge in [-0.3, -0.25) is 4.79 Å². The number of aryl methyl sites for hydroxylation is 1. The van der Waals surface area contributed by atoms with Crippen molar-refractivity contribution < 1.29 is 15.0 Å². The molecule has 1 aromatic carbocycles. The van der Waals surface area contributed by atoms with Crippen LogP contribution in [-0.2, 0) is 6.42 Å². The number of rotatable bonds is 7. The first-order valence-corrected chi connectivity index (χ1v) is 11.6. The molecule has 0 bridgehead atoms. The highest BCUT2D eigenvalue weighted by atomic mass is 16.3. The van der Waals surface area contributed by atoms with E-state index in [2.05, 4.69) is 25.2 Å². The summed E-state index contributed by atoms with van der Waals surface area (Å²) in [6.45, 7) is 4.24. The van der Waals surface area contributed by atoms with Gasteiger partial charge in [0.1, 0.15) is 11.5 Å². The fraction of sp³-hybridized carbons (Fsp3) is 0.640. The van der Waals surface area contributed by atoms with Gasteiger partial charge in [0.05, 0.1) is 5.56 Å². The van der Waals surface area contributed by atoms with E-state index in [1.807, 2.05) is 0 Å². The number of aromatic hydroxyl groups is 2. The molecule has 0 aliphatic heterocycles. The Morgan fingerprint density at radius 1 is 1.10 bits per heavy atom. The van der Waals surface area contributed by atoms with Crippen molar-refractivity contribution in [1.29, 1.82) is 0 Å². The molecule has 29 heavy (non-hydrogen) atoms. The lowest BCUT2D eigenvalue weighted by Crippen LogP contribution is -2.36. The third-order valence-corrected chi connectivity index (χ3v) is 6.56. The van der Waals surface area contributed by atoms with Crippen LogP contribution in [0.2, 0.25) is 0 Å². The molecule has 2 aliphatic rings. The Morgan fingerprint density at radius 2 is 1.86 bits per heavy atom. The van der Waals surface area contributed by atoms with Gasteiger partial charge in [0, 0.05) is 17.5 Å². The zero-order valence-corrected chi connectivity index (χ0v) is 18.1. The number of phenols is 2. The summed E-state index contributed by atoms with van der Waals surface area (Å²) in [5.41, 5.74) is 2.95. The van der Waals surface area contributed by atoms with Gasteiger partial charge in [-0.1, -0.05) is 50.7 Å². The van der Waals surface area contributed by atoms with Crippen molar-refractivity contribution in [3.8, 4) is 11.5 Å². The van der Waals surface area contributed by atoms with Crippen LogP contribution in [0.4, 0.5) is 0 Å². The molecular weight excluding hydrogens is 362 g/mol. The third-order valence-electron chi connectivity index (χ3n) is 6.56. The van der Waals surface area contributed by atoms with E-state index in [0.717, 1.165) is 69.8 Å². The number of hydrogen-bond donors (Lipinski definition) is 3. The summed E-state index contributed by atoms with van der Waals surface area (Å²) >= 11 is 0. The van der Waals surface area contributed by atoms with Crippen molar-refractivity contribution in [1.82, 2.24) is 5.32 Å². The van der Waals surface area contributed by atoms with Gasteiger partial charge in [-0.25, -0.2) is 0 Å². The smallest absolute Gasteiger partial charge is 0.255 e. The molecule has 3 N–H and O–H groups in total. The van der Waals surface area contributed by atoms with Crippen molar-refractivity contribution in [3.05, 3.63) is 34.4 Å². The molecule has 1 unspecified atom stereocenters. The number of carbonyl (C=O) groups excluding carboxylic acids is 1. The number of hydrogen-bond acceptors (Lipinski definition) is 3. The first kappa shape index (κ1) is 21.7. The summed E-state index contributed by atoms with van der Waals surface area (Å²) in [5, 5.41) is 25.1. The van der Waals surface area contributed by atoms with E-state index in [1.54, 1.807) is 6.07 Å². The fourth-order valence-electron chi connectivity index (χ4n) is 4.95. The van der Waals surface area contributed by atoms with Gasteiger partial charge >= 0.3 is 0 Å². The third kappa shape index (κ3) is 5.34. The van der Waals surface area contributed by atoms with Crippen molar-refractivity contribution in [2.75, 3.05) is 0 Å². The highest BCUT2D eigenvalue weighted by Crippen LogP contribution is 2.44. The van der Waals surface area contributed by atoms with Crippen molar-refractivity contribution in [3.63, 3.8) is 0 Å². The summed E-state index contributed by atoms with van der Waals surface area (Å²) in [5.74, 6) is -0.103. The van der Waals surface area contributed by atoms with E-state index in [4.69, 9.17) is 0 Å². The summed E-state index contributed by atoms with van der Waals surface area (Å²) in [6, 6.07) is 1.92. The van der Waals surface area contributed by atoms with Gasteiger partial charge in [-0.05, 0) is 63.5 Å².